The van der Waals surface area contributed by atoms with Gasteiger partial charge in [0, 0.05) is 16.0 Å². The normalized spacial score (nSPS) is 28.5. The number of hydrogen-bond donors (Lipinski definition) is 1. The predicted molar refractivity (Wildman–Crippen MR) is 135 cm³/mol. The van der Waals surface area contributed by atoms with Gasteiger partial charge >= 0.3 is 5.97 Å². The molecule has 186 valence electrons. The average molecular weight is 516 g/mol. The van der Waals surface area contributed by atoms with Crippen molar-refractivity contribution < 1.29 is 19.4 Å². The molecule has 0 spiro atoms. The molecule has 5 nitrogen and oxygen atoms in total. The van der Waals surface area contributed by atoms with Crippen LogP contribution < -0.4 is 0 Å². The standard InChI is InChI=1S/C28H31Cl2NO4/c1-27(28(12-13-28)26(34)35-2)15-22(19-4-3-5-21(30)14-19)24(18-8-10-20(29)11-9-18)31(25(27)33)23(16-32)17-6-7-17/h3-5,8-11,14,17,22-24,32H,6-7,12-13,15-16H2,1-2H3/t22-,23?,24-,27+/m1/s1. The number of esters is 1. The van der Waals surface area contributed by atoms with Crippen molar-refractivity contribution in [2.24, 2.45) is 16.7 Å². The van der Waals surface area contributed by atoms with Gasteiger partial charge in [-0.05, 0) is 80.3 Å². The minimum Gasteiger partial charge on any atom is -0.469 e. The number of benzene rings is 2. The zero-order valence-electron chi connectivity index (χ0n) is 20.0. The highest BCUT2D eigenvalue weighted by Gasteiger charge is 2.70. The molecule has 2 aliphatic carbocycles. The van der Waals surface area contributed by atoms with Crippen LogP contribution in [-0.2, 0) is 14.3 Å². The molecule has 2 saturated carbocycles. The molecule has 7 heteroatoms. The fourth-order valence-electron chi connectivity index (χ4n) is 6.34. The van der Waals surface area contributed by atoms with E-state index < -0.39 is 10.8 Å². The van der Waals surface area contributed by atoms with E-state index in [1.807, 2.05) is 60.4 Å². The lowest BCUT2D eigenvalue weighted by molar-refractivity contribution is -0.173. The SMILES string of the molecule is COC(=O)C1([C@@]2(C)C[C@H](c3cccc(Cl)c3)[C@@H](c3ccc(Cl)cc3)N(C(CO)C3CC3)C2=O)CC1. The van der Waals surface area contributed by atoms with Crippen LogP contribution in [-0.4, -0.2) is 41.6 Å². The first-order valence-corrected chi connectivity index (χ1v) is 13.0. The lowest BCUT2D eigenvalue weighted by atomic mass is 9.61. The number of amides is 1. The highest BCUT2D eigenvalue weighted by Crippen LogP contribution is 2.67. The first-order chi connectivity index (χ1) is 16.8. The molecule has 2 aromatic carbocycles. The van der Waals surface area contributed by atoms with E-state index in [1.165, 1.54) is 7.11 Å². The van der Waals surface area contributed by atoms with Gasteiger partial charge in [-0.15, -0.1) is 0 Å². The van der Waals surface area contributed by atoms with E-state index in [-0.39, 0.29) is 42.4 Å². The molecule has 1 amide bonds. The van der Waals surface area contributed by atoms with Gasteiger partial charge < -0.3 is 14.7 Å². The number of ether oxygens (including phenoxy) is 1. The Morgan fingerprint density at radius 1 is 1.11 bits per heavy atom. The topological polar surface area (TPSA) is 66.8 Å². The first-order valence-electron chi connectivity index (χ1n) is 12.3. The van der Waals surface area contributed by atoms with Crippen molar-refractivity contribution in [3.05, 3.63) is 69.7 Å². The monoisotopic (exact) mass is 515 g/mol. The fourth-order valence-corrected chi connectivity index (χ4v) is 6.66. The van der Waals surface area contributed by atoms with Crippen LogP contribution in [0.1, 0.15) is 62.1 Å². The van der Waals surface area contributed by atoms with Gasteiger partial charge in [0.25, 0.3) is 0 Å². The summed E-state index contributed by atoms with van der Waals surface area (Å²) in [5, 5.41) is 11.8. The Hall–Kier alpha value is -2.08. The van der Waals surface area contributed by atoms with Gasteiger partial charge in [-0.2, -0.15) is 0 Å². The quantitative estimate of drug-likeness (QED) is 0.474. The van der Waals surface area contributed by atoms with Gasteiger partial charge in [-0.3, -0.25) is 9.59 Å². The maximum atomic E-state index is 14.5. The minimum absolute atomic E-state index is 0.0791. The van der Waals surface area contributed by atoms with Crippen molar-refractivity contribution in [1.29, 1.82) is 0 Å². The van der Waals surface area contributed by atoms with Gasteiger partial charge in [0.05, 0.1) is 36.6 Å². The lowest BCUT2D eigenvalue weighted by Gasteiger charge is -2.54. The summed E-state index contributed by atoms with van der Waals surface area (Å²) < 4.78 is 5.22. The van der Waals surface area contributed by atoms with Crippen LogP contribution in [0.25, 0.3) is 0 Å². The number of nitrogens with zero attached hydrogens (tertiary/aromatic N) is 1. The van der Waals surface area contributed by atoms with Gasteiger partial charge in [-0.1, -0.05) is 47.5 Å². The van der Waals surface area contributed by atoms with Crippen LogP contribution in [0.4, 0.5) is 0 Å². The first kappa shape index (κ1) is 24.6. The number of rotatable bonds is 7. The van der Waals surface area contributed by atoms with Crippen LogP contribution >= 0.6 is 23.2 Å². The Morgan fingerprint density at radius 3 is 2.34 bits per heavy atom. The maximum Gasteiger partial charge on any atom is 0.312 e. The number of aliphatic hydroxyl groups excluding tert-OH is 1. The van der Waals surface area contributed by atoms with Crippen LogP contribution in [0.3, 0.4) is 0 Å². The Kier molecular flexibility index (Phi) is 6.40. The molecule has 0 bridgehead atoms. The van der Waals surface area contributed by atoms with Crippen molar-refractivity contribution in [2.75, 3.05) is 13.7 Å². The van der Waals surface area contributed by atoms with E-state index in [1.54, 1.807) is 0 Å². The zero-order chi connectivity index (χ0) is 25.0. The average Bonchev–Trinajstić information content (AvgIpc) is 3.76. The molecule has 4 atom stereocenters. The van der Waals surface area contributed by atoms with E-state index in [0.717, 1.165) is 24.0 Å². The third-order valence-corrected chi connectivity index (χ3v) is 9.08. The summed E-state index contributed by atoms with van der Waals surface area (Å²) in [4.78, 5) is 29.5. The Bertz CT molecular complexity index is 1130. The van der Waals surface area contributed by atoms with E-state index in [0.29, 0.717) is 29.3 Å². The molecular formula is C28H31Cl2NO4. The van der Waals surface area contributed by atoms with E-state index in [9.17, 15) is 14.7 Å². The summed E-state index contributed by atoms with van der Waals surface area (Å²) in [5.74, 6) is -0.290. The number of carbonyl (C=O) groups is 2. The molecule has 35 heavy (non-hydrogen) atoms. The number of halogens is 2. The van der Waals surface area contributed by atoms with Crippen LogP contribution in [0, 0.1) is 16.7 Å². The molecule has 3 aliphatic rings. The summed E-state index contributed by atoms with van der Waals surface area (Å²) in [6.45, 7) is 1.80. The van der Waals surface area contributed by atoms with Crippen molar-refractivity contribution in [3.63, 3.8) is 0 Å². The summed E-state index contributed by atoms with van der Waals surface area (Å²) in [5.41, 5.74) is 0.159. The fraction of sp³-hybridized carbons (Fsp3) is 0.500. The Morgan fingerprint density at radius 2 is 1.80 bits per heavy atom. The van der Waals surface area contributed by atoms with Crippen molar-refractivity contribution >= 4 is 35.1 Å². The summed E-state index contributed by atoms with van der Waals surface area (Å²) in [6, 6.07) is 14.7. The van der Waals surface area contributed by atoms with Gasteiger partial charge in [0.15, 0.2) is 0 Å². The molecule has 1 heterocycles. The molecule has 1 unspecified atom stereocenters. The molecule has 1 saturated heterocycles. The van der Waals surface area contributed by atoms with Crippen molar-refractivity contribution in [1.82, 2.24) is 4.90 Å². The molecular weight excluding hydrogens is 485 g/mol. The summed E-state index contributed by atoms with van der Waals surface area (Å²) in [7, 11) is 1.39. The van der Waals surface area contributed by atoms with Crippen LogP contribution in [0.2, 0.25) is 10.0 Å². The molecule has 5 rings (SSSR count). The van der Waals surface area contributed by atoms with E-state index >= 15 is 0 Å². The number of aliphatic hydroxyl groups is 1. The second kappa shape index (κ2) is 9.10. The summed E-state index contributed by atoms with van der Waals surface area (Å²) in [6.07, 6.45) is 3.67. The molecule has 0 radical (unpaired) electrons. The van der Waals surface area contributed by atoms with E-state index in [4.69, 9.17) is 27.9 Å². The zero-order valence-corrected chi connectivity index (χ0v) is 21.6. The van der Waals surface area contributed by atoms with Crippen molar-refractivity contribution in [2.45, 2.75) is 57.0 Å². The second-order valence-corrected chi connectivity index (χ2v) is 11.4. The minimum atomic E-state index is -0.960. The molecule has 1 aliphatic heterocycles. The third-order valence-electron chi connectivity index (χ3n) is 8.60. The predicted octanol–water partition coefficient (Wildman–Crippen LogP) is 5.78. The van der Waals surface area contributed by atoms with Gasteiger partial charge in [-0.25, -0.2) is 0 Å². The van der Waals surface area contributed by atoms with Crippen LogP contribution in [0.15, 0.2) is 48.5 Å². The highest BCUT2D eigenvalue weighted by molar-refractivity contribution is 6.30. The van der Waals surface area contributed by atoms with Crippen LogP contribution in [0.5, 0.6) is 0 Å². The Labute approximate surface area is 216 Å². The van der Waals surface area contributed by atoms with Gasteiger partial charge in [0.1, 0.15) is 0 Å². The Balaban J connectivity index is 1.71. The third kappa shape index (κ3) is 4.06. The number of carbonyl (C=O) groups excluding carboxylic acids is 2. The molecule has 1 N–H and O–H groups in total. The second-order valence-electron chi connectivity index (χ2n) is 10.6. The van der Waals surface area contributed by atoms with E-state index in [2.05, 4.69) is 0 Å². The largest absolute Gasteiger partial charge is 0.469 e. The number of piperidine rings is 1. The highest BCUT2D eigenvalue weighted by atomic mass is 35.5. The molecule has 3 fully saturated rings. The molecule has 2 aromatic rings. The van der Waals surface area contributed by atoms with Gasteiger partial charge in [0.2, 0.25) is 5.91 Å². The number of likely N-dealkylation sites (tertiary alicyclic amines) is 1. The molecule has 0 aromatic heterocycles. The number of methoxy groups -OCH3 is 1. The smallest absolute Gasteiger partial charge is 0.312 e. The lowest BCUT2D eigenvalue weighted by Crippen LogP contribution is -2.60. The number of hydrogen-bond acceptors (Lipinski definition) is 4. The summed E-state index contributed by atoms with van der Waals surface area (Å²) >= 11 is 12.6. The van der Waals surface area contributed by atoms with Crippen molar-refractivity contribution in [3.8, 4) is 0 Å². The maximum absolute atomic E-state index is 14.5.